The number of primary amides is 1. The molecule has 0 unspecified atom stereocenters. The first-order valence-corrected chi connectivity index (χ1v) is 12.8. The van der Waals surface area contributed by atoms with Crippen molar-refractivity contribution in [3.63, 3.8) is 0 Å². The number of ketones is 2. The van der Waals surface area contributed by atoms with Gasteiger partial charge in [-0.2, -0.15) is 0 Å². The van der Waals surface area contributed by atoms with Crippen LogP contribution in [-0.4, -0.2) is 29.7 Å². The highest BCUT2D eigenvalue weighted by molar-refractivity contribution is 5.95. The number of Topliss-reactive ketones (excluding diaryl/α,β-unsaturated/α-hetero) is 1. The zero-order chi connectivity index (χ0) is 25.8. The first-order chi connectivity index (χ1) is 17.0. The second-order valence-corrected chi connectivity index (χ2v) is 11.5. The van der Waals surface area contributed by atoms with E-state index in [1.807, 2.05) is 0 Å². The molecule has 4 aliphatic rings. The van der Waals surface area contributed by atoms with Crippen LogP contribution in [0.5, 0.6) is 0 Å². The van der Waals surface area contributed by atoms with E-state index in [9.17, 15) is 19.2 Å². The van der Waals surface area contributed by atoms with Gasteiger partial charge in [-0.05, 0) is 85.1 Å². The molecule has 3 N–H and O–H groups in total. The minimum atomic E-state index is -0.602. The number of carbonyl (C=O) groups is 4. The third kappa shape index (κ3) is 3.89. The van der Waals surface area contributed by atoms with Crippen molar-refractivity contribution in [3.8, 4) is 0 Å². The molecule has 0 spiro atoms. The summed E-state index contributed by atoms with van der Waals surface area (Å²) in [6, 6.07) is 6.43. The van der Waals surface area contributed by atoms with E-state index in [4.69, 9.17) is 10.5 Å². The van der Waals surface area contributed by atoms with Gasteiger partial charge >= 0.3 is 6.09 Å². The van der Waals surface area contributed by atoms with Crippen molar-refractivity contribution in [2.75, 3.05) is 5.32 Å². The molecule has 7 nitrogen and oxygen atoms in total. The minimum Gasteiger partial charge on any atom is -0.446 e. The molecule has 7 heteroatoms. The lowest BCUT2D eigenvalue weighted by molar-refractivity contribution is -0.134. The fourth-order valence-corrected chi connectivity index (χ4v) is 7.90. The Labute approximate surface area is 211 Å². The topological polar surface area (TPSA) is 116 Å². The second-order valence-electron chi connectivity index (χ2n) is 11.5. The van der Waals surface area contributed by atoms with Gasteiger partial charge in [0.25, 0.3) is 0 Å². The predicted octanol–water partition coefficient (Wildman–Crippen LogP) is 4.83. The summed E-state index contributed by atoms with van der Waals surface area (Å²) < 4.78 is 6.18. The number of amides is 2. The molecule has 0 saturated heterocycles. The summed E-state index contributed by atoms with van der Waals surface area (Å²) in [6.45, 7) is 6.05. The molecule has 2 saturated carbocycles. The lowest BCUT2D eigenvalue weighted by Gasteiger charge is -2.58. The molecule has 1 aromatic carbocycles. The summed E-state index contributed by atoms with van der Waals surface area (Å²) in [5.41, 5.74) is 6.54. The zero-order valence-electron chi connectivity index (χ0n) is 21.1. The summed E-state index contributed by atoms with van der Waals surface area (Å²) in [4.78, 5) is 49.6. The summed E-state index contributed by atoms with van der Waals surface area (Å²) in [6.07, 6.45) is 8.63. The van der Waals surface area contributed by atoms with Crippen molar-refractivity contribution in [3.05, 3.63) is 53.6 Å². The van der Waals surface area contributed by atoms with Gasteiger partial charge in [0.2, 0.25) is 5.91 Å². The largest absolute Gasteiger partial charge is 0.446 e. The van der Waals surface area contributed by atoms with E-state index in [2.05, 4.69) is 31.3 Å². The summed E-state index contributed by atoms with van der Waals surface area (Å²) in [5.74, 6) is 0.168. The van der Waals surface area contributed by atoms with Gasteiger partial charge in [-0.3, -0.25) is 19.7 Å². The van der Waals surface area contributed by atoms with Crippen LogP contribution >= 0.6 is 0 Å². The fourth-order valence-electron chi connectivity index (χ4n) is 7.90. The Morgan fingerprint density at radius 3 is 2.67 bits per heavy atom. The van der Waals surface area contributed by atoms with Crippen molar-refractivity contribution in [2.24, 2.45) is 40.2 Å². The maximum atomic E-state index is 13.2. The summed E-state index contributed by atoms with van der Waals surface area (Å²) >= 11 is 0. The average Bonchev–Trinajstić information content (AvgIpc) is 3.16. The number of carbonyl (C=O) groups excluding carboxylic acids is 4. The van der Waals surface area contributed by atoms with Crippen LogP contribution in [0.25, 0.3) is 0 Å². The molecule has 0 bridgehead atoms. The maximum Gasteiger partial charge on any atom is 0.411 e. The van der Waals surface area contributed by atoms with Crippen LogP contribution in [0.15, 0.2) is 48.1 Å². The Balaban J connectivity index is 1.49. The van der Waals surface area contributed by atoms with Gasteiger partial charge in [0.1, 0.15) is 11.9 Å². The van der Waals surface area contributed by atoms with E-state index in [0.29, 0.717) is 36.4 Å². The van der Waals surface area contributed by atoms with E-state index in [0.717, 1.165) is 18.4 Å². The van der Waals surface area contributed by atoms with Crippen molar-refractivity contribution >= 4 is 29.3 Å². The number of nitrogens with one attached hydrogen (secondary N) is 1. The van der Waals surface area contributed by atoms with Crippen LogP contribution in [0.4, 0.5) is 10.5 Å². The van der Waals surface area contributed by atoms with Crippen molar-refractivity contribution < 1.29 is 23.9 Å². The van der Waals surface area contributed by atoms with Gasteiger partial charge in [0, 0.05) is 29.5 Å². The number of ether oxygens (including phenoxy) is 1. The van der Waals surface area contributed by atoms with E-state index in [1.54, 1.807) is 31.2 Å². The molecule has 0 heterocycles. The van der Waals surface area contributed by atoms with Gasteiger partial charge in [-0.25, -0.2) is 4.79 Å². The van der Waals surface area contributed by atoms with Crippen LogP contribution in [0, 0.1) is 34.5 Å². The molecule has 0 aromatic heterocycles. The molecule has 2 fully saturated rings. The average molecular weight is 491 g/mol. The number of fused-ring (bicyclic) bond motifs is 5. The lowest BCUT2D eigenvalue weighted by Crippen LogP contribution is -2.57. The Bertz CT molecular complexity index is 1200. The first-order valence-electron chi connectivity index (χ1n) is 12.8. The van der Waals surface area contributed by atoms with Crippen LogP contribution in [0.2, 0.25) is 0 Å². The van der Waals surface area contributed by atoms with Crippen molar-refractivity contribution in [2.45, 2.75) is 59.0 Å². The molecule has 0 radical (unpaired) electrons. The number of benzene rings is 1. The number of allylic oxidation sites excluding steroid dienone is 4. The molecule has 0 aliphatic heterocycles. The van der Waals surface area contributed by atoms with Gasteiger partial charge < -0.3 is 10.5 Å². The minimum absolute atomic E-state index is 0.00772. The van der Waals surface area contributed by atoms with Gasteiger partial charge in [0.05, 0.1) is 0 Å². The number of anilines is 1. The third-order valence-electron chi connectivity index (χ3n) is 9.57. The zero-order valence-corrected chi connectivity index (χ0v) is 21.1. The highest BCUT2D eigenvalue weighted by atomic mass is 16.6. The normalized spacial score (nSPS) is 36.7. The van der Waals surface area contributed by atoms with E-state index in [1.165, 1.54) is 6.07 Å². The standard InChI is InChI=1S/C29H34N2O5/c1-16(32)22-9-10-23-21-8-7-18-14-20(33)11-12-28(18,2)25(21)24(15-29(22,23)3)36-27(35)31-19-6-4-5-17(13-19)26(30)34/h4-8,13-14,21-25H,9-12,15H2,1-3H3,(H2,30,34)(H,31,35)/t21-,22+,23-,24-,25-,28+,29+/m0/s1. The van der Waals surface area contributed by atoms with Crippen LogP contribution < -0.4 is 11.1 Å². The Morgan fingerprint density at radius 2 is 1.94 bits per heavy atom. The molecule has 190 valence electrons. The molecule has 4 aliphatic carbocycles. The summed E-state index contributed by atoms with van der Waals surface area (Å²) in [5, 5.41) is 2.76. The maximum absolute atomic E-state index is 13.2. The van der Waals surface area contributed by atoms with E-state index in [-0.39, 0.29) is 40.2 Å². The monoisotopic (exact) mass is 490 g/mol. The molecule has 7 atom stereocenters. The first kappa shape index (κ1) is 24.5. The summed E-state index contributed by atoms with van der Waals surface area (Å²) in [7, 11) is 0. The van der Waals surface area contributed by atoms with Crippen LogP contribution in [0.1, 0.15) is 63.2 Å². The number of hydrogen-bond donors (Lipinski definition) is 2. The molecular weight excluding hydrogens is 456 g/mol. The highest BCUT2D eigenvalue weighted by Gasteiger charge is 2.63. The fraction of sp³-hybridized carbons (Fsp3) is 0.517. The Hall–Kier alpha value is -3.22. The molecule has 2 amide bonds. The highest BCUT2D eigenvalue weighted by Crippen LogP contribution is 2.65. The second kappa shape index (κ2) is 8.71. The SMILES string of the molecule is CC(=O)[C@H]1CC[C@H]2[C@@H]3C=CC4=CC(=O)CC[C@@]4(C)[C@@H]3[C@@H](OC(=O)Nc3cccc(C(N)=O)c3)C[C@]12C. The van der Waals surface area contributed by atoms with Gasteiger partial charge in [-0.1, -0.05) is 32.1 Å². The smallest absolute Gasteiger partial charge is 0.411 e. The van der Waals surface area contributed by atoms with Crippen LogP contribution in [0.3, 0.4) is 0 Å². The Morgan fingerprint density at radius 1 is 1.17 bits per heavy atom. The lowest BCUT2D eigenvalue weighted by atomic mass is 9.47. The van der Waals surface area contributed by atoms with Gasteiger partial charge in [-0.15, -0.1) is 0 Å². The number of nitrogens with two attached hydrogens (primary N) is 1. The number of hydrogen-bond acceptors (Lipinski definition) is 5. The van der Waals surface area contributed by atoms with Gasteiger partial charge in [0.15, 0.2) is 5.78 Å². The molecule has 5 rings (SSSR count). The van der Waals surface area contributed by atoms with E-state index < -0.39 is 18.1 Å². The third-order valence-corrected chi connectivity index (χ3v) is 9.57. The molecule has 1 aromatic rings. The molecule has 36 heavy (non-hydrogen) atoms. The molecular formula is C29H34N2O5. The number of rotatable bonds is 4. The quantitative estimate of drug-likeness (QED) is 0.627. The predicted molar refractivity (Wildman–Crippen MR) is 135 cm³/mol. The van der Waals surface area contributed by atoms with E-state index >= 15 is 0 Å². The van der Waals surface area contributed by atoms with Crippen molar-refractivity contribution in [1.82, 2.24) is 0 Å². The van der Waals surface area contributed by atoms with Crippen molar-refractivity contribution in [1.29, 1.82) is 0 Å². The van der Waals surface area contributed by atoms with Crippen LogP contribution in [-0.2, 0) is 14.3 Å². The Kier molecular flexibility index (Phi) is 5.92.